The molecule has 1 unspecified atom stereocenters. The van der Waals surface area contributed by atoms with E-state index in [1.807, 2.05) is 6.07 Å². The van der Waals surface area contributed by atoms with Gasteiger partial charge in [-0.1, -0.05) is 0 Å². The molecule has 3 N–H and O–H groups in total. The quantitative estimate of drug-likeness (QED) is 0.623. The number of carbonyl (C=O) groups is 1. The number of H-pyrrole nitrogens is 1. The van der Waals surface area contributed by atoms with Crippen LogP contribution in [0.2, 0.25) is 0 Å². The average molecular weight is 461 g/mol. The molecular weight excluding hydrogens is 444 g/mol. The zero-order valence-electron chi connectivity index (χ0n) is 15.8. The van der Waals surface area contributed by atoms with Crippen molar-refractivity contribution < 1.29 is 19.0 Å². The topological polar surface area (TPSA) is 151 Å². The van der Waals surface area contributed by atoms with Crippen LogP contribution in [0.4, 0.5) is 5.82 Å². The highest BCUT2D eigenvalue weighted by atomic mass is 79.9. The van der Waals surface area contributed by atoms with Crippen molar-refractivity contribution in [3.63, 3.8) is 0 Å². The van der Waals surface area contributed by atoms with E-state index in [4.69, 9.17) is 19.9 Å². The molecule has 0 fully saturated rings. The fourth-order valence-corrected chi connectivity index (χ4v) is 3.13. The van der Waals surface area contributed by atoms with Gasteiger partial charge >= 0.3 is 5.97 Å². The van der Waals surface area contributed by atoms with Crippen molar-refractivity contribution >= 4 is 27.7 Å². The third kappa shape index (κ3) is 4.33. The van der Waals surface area contributed by atoms with Gasteiger partial charge in [-0.2, -0.15) is 10.5 Å². The van der Waals surface area contributed by atoms with E-state index in [9.17, 15) is 20.1 Å². The van der Waals surface area contributed by atoms with Crippen molar-refractivity contribution in [3.8, 4) is 34.8 Å². The summed E-state index contributed by atoms with van der Waals surface area (Å²) in [6, 6.07) is 6.71. The fourth-order valence-electron chi connectivity index (χ4n) is 2.60. The number of nitrogen functional groups attached to an aromatic ring is 1. The molecule has 0 spiro atoms. The van der Waals surface area contributed by atoms with Gasteiger partial charge in [0.15, 0.2) is 17.6 Å². The van der Waals surface area contributed by atoms with Gasteiger partial charge in [0, 0.05) is 5.56 Å². The predicted octanol–water partition coefficient (Wildman–Crippen LogP) is 2.47. The number of rotatable bonds is 6. The van der Waals surface area contributed by atoms with Crippen molar-refractivity contribution in [1.29, 1.82) is 10.5 Å². The maximum atomic E-state index is 12.1. The lowest BCUT2D eigenvalue weighted by molar-refractivity contribution is -0.150. The van der Waals surface area contributed by atoms with Crippen molar-refractivity contribution in [1.82, 2.24) is 4.98 Å². The Morgan fingerprint density at radius 2 is 1.97 bits per heavy atom. The molecule has 2 rings (SSSR count). The highest BCUT2D eigenvalue weighted by Gasteiger charge is 2.24. The molecule has 0 aliphatic heterocycles. The third-order valence-corrected chi connectivity index (χ3v) is 4.49. The van der Waals surface area contributed by atoms with E-state index >= 15 is 0 Å². The Kier molecular flexibility index (Phi) is 6.86. The number of esters is 1. The number of ether oxygens (including phenoxy) is 3. The minimum atomic E-state index is -0.912. The lowest BCUT2D eigenvalue weighted by Gasteiger charge is -2.18. The van der Waals surface area contributed by atoms with Crippen molar-refractivity contribution in [2.24, 2.45) is 0 Å². The Bertz CT molecular complexity index is 1100. The number of carbonyl (C=O) groups excluding carboxylic acids is 1. The molecular formula is C19H17BrN4O5. The minimum Gasteiger partial charge on any atom is -0.493 e. The number of nitrogens with one attached hydrogen (secondary N) is 1. The van der Waals surface area contributed by atoms with Crippen LogP contribution in [-0.4, -0.2) is 30.8 Å². The van der Waals surface area contributed by atoms with E-state index in [1.54, 1.807) is 13.0 Å². The molecule has 0 saturated carbocycles. The van der Waals surface area contributed by atoms with E-state index in [2.05, 4.69) is 20.9 Å². The van der Waals surface area contributed by atoms with Gasteiger partial charge in [0.25, 0.3) is 5.56 Å². The first-order valence-corrected chi connectivity index (χ1v) is 9.15. The Morgan fingerprint density at radius 1 is 1.31 bits per heavy atom. The standard InChI is InChI=1S/C19H17BrN4O5/c1-4-28-19(26)9(2)29-16-13(20)5-10(6-14(16)27-3)15-11(7-21)17(23)24-18(25)12(15)8-22/h5-6,9H,4H2,1-3H3,(H3,23,24,25). The number of hydrogen-bond acceptors (Lipinski definition) is 8. The smallest absolute Gasteiger partial charge is 0.347 e. The lowest BCUT2D eigenvalue weighted by Crippen LogP contribution is -2.26. The molecule has 29 heavy (non-hydrogen) atoms. The second-order valence-electron chi connectivity index (χ2n) is 5.72. The summed E-state index contributed by atoms with van der Waals surface area (Å²) < 4.78 is 16.3. The molecule has 0 bridgehead atoms. The van der Waals surface area contributed by atoms with Crippen LogP contribution in [0, 0.1) is 22.7 Å². The molecule has 0 aliphatic carbocycles. The van der Waals surface area contributed by atoms with Gasteiger partial charge in [0.05, 0.1) is 18.2 Å². The van der Waals surface area contributed by atoms with Crippen molar-refractivity contribution in [3.05, 3.63) is 38.1 Å². The SMILES string of the molecule is CCOC(=O)C(C)Oc1c(Br)cc(-c2c(C#N)c(N)[nH]c(=O)c2C#N)cc1OC. The summed E-state index contributed by atoms with van der Waals surface area (Å²) in [6.07, 6.45) is -0.912. The molecule has 1 atom stereocenters. The molecule has 9 nitrogen and oxygen atoms in total. The number of nitriles is 2. The van der Waals surface area contributed by atoms with Crippen molar-refractivity contribution in [2.45, 2.75) is 20.0 Å². The average Bonchev–Trinajstić information content (AvgIpc) is 2.68. The molecule has 2 aromatic rings. The van der Waals surface area contributed by atoms with Crippen LogP contribution in [0.1, 0.15) is 25.0 Å². The van der Waals surface area contributed by atoms with Crippen LogP contribution in [0.3, 0.4) is 0 Å². The Morgan fingerprint density at radius 3 is 2.52 bits per heavy atom. The molecule has 150 valence electrons. The Balaban J connectivity index is 2.67. The Hall–Kier alpha value is -3.50. The molecule has 0 radical (unpaired) electrons. The molecule has 1 heterocycles. The van der Waals surface area contributed by atoms with Gasteiger partial charge in [-0.05, 0) is 47.5 Å². The van der Waals surface area contributed by atoms with Gasteiger partial charge in [0.2, 0.25) is 0 Å². The van der Waals surface area contributed by atoms with Crippen LogP contribution in [-0.2, 0) is 9.53 Å². The van der Waals surface area contributed by atoms with Crippen LogP contribution in [0.25, 0.3) is 11.1 Å². The number of aromatic nitrogens is 1. The number of aromatic amines is 1. The summed E-state index contributed by atoms with van der Waals surface area (Å²) in [5, 5.41) is 18.9. The summed E-state index contributed by atoms with van der Waals surface area (Å²) in [4.78, 5) is 26.3. The summed E-state index contributed by atoms with van der Waals surface area (Å²) in [6.45, 7) is 3.42. The molecule has 10 heteroatoms. The van der Waals surface area contributed by atoms with Crippen LogP contribution in [0.15, 0.2) is 21.4 Å². The largest absolute Gasteiger partial charge is 0.493 e. The maximum absolute atomic E-state index is 12.1. The number of nitrogens with two attached hydrogens (primary N) is 1. The lowest BCUT2D eigenvalue weighted by atomic mass is 9.96. The van der Waals surface area contributed by atoms with Gasteiger partial charge in [-0.15, -0.1) is 0 Å². The predicted molar refractivity (Wildman–Crippen MR) is 107 cm³/mol. The van der Waals surface area contributed by atoms with Crippen molar-refractivity contribution in [2.75, 3.05) is 19.5 Å². The first kappa shape index (κ1) is 21.8. The highest BCUT2D eigenvalue weighted by molar-refractivity contribution is 9.10. The second-order valence-corrected chi connectivity index (χ2v) is 6.57. The number of halogens is 1. The van der Waals surface area contributed by atoms with Crippen LogP contribution in [0.5, 0.6) is 11.5 Å². The molecule has 1 aromatic carbocycles. The molecule has 0 amide bonds. The van der Waals surface area contributed by atoms with E-state index in [1.165, 1.54) is 26.2 Å². The second kappa shape index (κ2) is 9.13. The van der Waals surface area contributed by atoms with E-state index in [-0.39, 0.29) is 40.6 Å². The number of benzene rings is 1. The van der Waals surface area contributed by atoms with E-state index < -0.39 is 17.6 Å². The summed E-state index contributed by atoms with van der Waals surface area (Å²) >= 11 is 3.34. The van der Waals surface area contributed by atoms with Gasteiger partial charge < -0.3 is 24.9 Å². The van der Waals surface area contributed by atoms with Gasteiger partial charge in [-0.25, -0.2) is 4.79 Å². The Labute approximate surface area is 174 Å². The molecule has 1 aromatic heterocycles. The number of pyridine rings is 1. The van der Waals surface area contributed by atoms with E-state index in [0.29, 0.717) is 10.0 Å². The first-order valence-electron chi connectivity index (χ1n) is 8.36. The van der Waals surface area contributed by atoms with Crippen LogP contribution < -0.4 is 20.8 Å². The summed E-state index contributed by atoms with van der Waals surface area (Å²) in [7, 11) is 1.38. The highest BCUT2D eigenvalue weighted by Crippen LogP contribution is 2.41. The van der Waals surface area contributed by atoms with Crippen LogP contribution >= 0.6 is 15.9 Å². The monoisotopic (exact) mass is 460 g/mol. The molecule has 0 aliphatic rings. The summed E-state index contributed by atoms with van der Waals surface area (Å²) in [5.74, 6) is -0.284. The summed E-state index contributed by atoms with van der Waals surface area (Å²) in [5.41, 5.74) is 5.12. The first-order chi connectivity index (χ1) is 13.8. The fraction of sp³-hybridized carbons (Fsp3) is 0.263. The normalized spacial score (nSPS) is 11.1. The molecule has 0 saturated heterocycles. The number of hydrogen-bond donors (Lipinski definition) is 2. The number of methoxy groups -OCH3 is 1. The number of anilines is 1. The zero-order valence-corrected chi connectivity index (χ0v) is 17.4. The number of nitrogens with zero attached hydrogens (tertiary/aromatic N) is 2. The van der Waals surface area contributed by atoms with Gasteiger partial charge in [-0.3, -0.25) is 4.79 Å². The maximum Gasteiger partial charge on any atom is 0.347 e. The third-order valence-electron chi connectivity index (χ3n) is 3.90. The zero-order chi connectivity index (χ0) is 21.7. The minimum absolute atomic E-state index is 0.0522. The van der Waals surface area contributed by atoms with Gasteiger partial charge in [0.1, 0.15) is 29.1 Å². The van der Waals surface area contributed by atoms with E-state index in [0.717, 1.165) is 0 Å².